The van der Waals surface area contributed by atoms with Gasteiger partial charge in [-0.3, -0.25) is 0 Å². The van der Waals surface area contributed by atoms with Crippen molar-refractivity contribution < 1.29 is 21.2 Å². The van der Waals surface area contributed by atoms with Crippen LogP contribution in [0.2, 0.25) is 5.02 Å². The molecule has 1 heterocycles. The van der Waals surface area contributed by atoms with Crippen LogP contribution in [0.15, 0.2) is 47.4 Å². The highest BCUT2D eigenvalue weighted by Gasteiger charge is 2.46. The Morgan fingerprint density at radius 2 is 1.89 bits per heavy atom. The van der Waals surface area contributed by atoms with Gasteiger partial charge in [-0.05, 0) is 42.3 Å². The van der Waals surface area contributed by atoms with E-state index in [1.54, 1.807) is 24.3 Å². The van der Waals surface area contributed by atoms with E-state index in [9.17, 15) is 21.2 Å². The minimum absolute atomic E-state index is 0.0458. The molecule has 0 saturated carbocycles. The van der Waals surface area contributed by atoms with Gasteiger partial charge in [0, 0.05) is 17.6 Å². The first-order valence-electron chi connectivity index (χ1n) is 8.27. The lowest BCUT2D eigenvalue weighted by Crippen LogP contribution is -2.43. The molecule has 0 radical (unpaired) electrons. The largest absolute Gasteiger partial charge is 0.308 e. The summed E-state index contributed by atoms with van der Waals surface area (Å²) in [7, 11) is -7.48. The number of aryl methyl sites for hydroxylation is 1. The number of hydrogen-bond donors (Lipinski definition) is 1. The maximum atomic E-state index is 13.3. The zero-order chi connectivity index (χ0) is 19.8. The quantitative estimate of drug-likeness (QED) is 0.736. The van der Waals surface area contributed by atoms with Crippen LogP contribution in [0.25, 0.3) is 0 Å². The summed E-state index contributed by atoms with van der Waals surface area (Å²) in [6.07, 6.45) is 0. The zero-order valence-corrected chi connectivity index (χ0v) is 16.9. The first-order chi connectivity index (χ1) is 12.6. The van der Waals surface area contributed by atoms with Gasteiger partial charge in [-0.15, -0.1) is 0 Å². The Balaban J connectivity index is 1.90. The fraction of sp³-hybridized carbons (Fsp3) is 0.333. The number of halogens is 2. The first kappa shape index (κ1) is 20.3. The zero-order valence-electron chi connectivity index (χ0n) is 14.5. The van der Waals surface area contributed by atoms with Crippen LogP contribution in [0.4, 0.5) is 4.39 Å². The fourth-order valence-corrected chi connectivity index (χ4v) is 8.44. The second kappa shape index (κ2) is 7.50. The Labute approximate surface area is 163 Å². The van der Waals surface area contributed by atoms with Crippen LogP contribution >= 0.6 is 11.6 Å². The number of nitrogens with one attached hydrogen (secondary N) is 1. The summed E-state index contributed by atoms with van der Waals surface area (Å²) in [5.74, 6) is -1.28. The number of sulfone groups is 2. The number of benzene rings is 2. The van der Waals surface area contributed by atoms with E-state index in [0.717, 1.165) is 17.7 Å². The SMILES string of the molecule is Cc1cc(F)ccc1S(=O)(=O)[C@H]1CS(=O)(=O)C[C@@H]1NCc1ccccc1Cl. The maximum Gasteiger partial charge on any atom is 0.184 e. The Morgan fingerprint density at radius 1 is 1.19 bits per heavy atom. The first-order valence-corrected chi connectivity index (χ1v) is 12.0. The van der Waals surface area contributed by atoms with Crippen molar-refractivity contribution in [2.75, 3.05) is 11.5 Å². The summed E-state index contributed by atoms with van der Waals surface area (Å²) in [6, 6.07) is 9.67. The van der Waals surface area contributed by atoms with E-state index in [-0.39, 0.29) is 22.8 Å². The van der Waals surface area contributed by atoms with E-state index >= 15 is 0 Å². The Kier molecular flexibility index (Phi) is 5.63. The maximum absolute atomic E-state index is 13.3. The summed E-state index contributed by atoms with van der Waals surface area (Å²) in [6.45, 7) is 1.74. The molecule has 2 aromatic rings. The molecule has 1 aliphatic rings. The van der Waals surface area contributed by atoms with Crippen molar-refractivity contribution in [2.24, 2.45) is 0 Å². The minimum atomic E-state index is -3.96. The molecule has 1 saturated heterocycles. The van der Waals surface area contributed by atoms with Crippen LogP contribution in [0, 0.1) is 12.7 Å². The van der Waals surface area contributed by atoms with E-state index in [1.165, 1.54) is 13.0 Å². The Morgan fingerprint density at radius 3 is 2.56 bits per heavy atom. The van der Waals surface area contributed by atoms with Crippen molar-refractivity contribution >= 4 is 31.3 Å². The van der Waals surface area contributed by atoms with E-state index in [4.69, 9.17) is 11.6 Å². The third-order valence-electron chi connectivity index (χ3n) is 4.66. The molecule has 0 amide bonds. The van der Waals surface area contributed by atoms with Crippen LogP contribution in [0.1, 0.15) is 11.1 Å². The second-order valence-corrected chi connectivity index (χ2v) is 11.3. The summed E-state index contributed by atoms with van der Waals surface area (Å²) >= 11 is 6.11. The van der Waals surface area contributed by atoms with Crippen LogP contribution in [0.5, 0.6) is 0 Å². The van der Waals surface area contributed by atoms with Crippen molar-refractivity contribution in [3.8, 4) is 0 Å². The molecule has 27 heavy (non-hydrogen) atoms. The standard InChI is InChI=1S/C18H19ClFNO4S2/c1-12-8-14(20)6-7-17(12)27(24,25)18-11-26(22,23)10-16(18)21-9-13-4-2-3-5-15(13)19/h2-8,16,18,21H,9-11H2,1H3/t16-,18-/m0/s1. The van der Waals surface area contributed by atoms with Gasteiger partial charge < -0.3 is 5.32 Å². The minimum Gasteiger partial charge on any atom is -0.308 e. The highest BCUT2D eigenvalue weighted by atomic mass is 35.5. The molecule has 2 aromatic carbocycles. The van der Waals surface area contributed by atoms with Crippen LogP contribution < -0.4 is 5.32 Å². The van der Waals surface area contributed by atoms with Gasteiger partial charge in [0.2, 0.25) is 0 Å². The van der Waals surface area contributed by atoms with E-state index in [2.05, 4.69) is 5.32 Å². The topological polar surface area (TPSA) is 80.3 Å². The molecule has 3 rings (SSSR count). The lowest BCUT2D eigenvalue weighted by molar-refractivity contribution is 0.525. The van der Waals surface area contributed by atoms with Gasteiger partial charge in [0.15, 0.2) is 19.7 Å². The molecule has 0 aromatic heterocycles. The van der Waals surface area contributed by atoms with Gasteiger partial charge in [-0.2, -0.15) is 0 Å². The Bertz CT molecular complexity index is 1070. The summed E-state index contributed by atoms with van der Waals surface area (Å²) < 4.78 is 63.8. The fourth-order valence-electron chi connectivity index (χ4n) is 3.29. The lowest BCUT2D eigenvalue weighted by Gasteiger charge is -2.21. The molecular formula is C18H19ClFNO4S2. The third kappa shape index (κ3) is 4.34. The van der Waals surface area contributed by atoms with Gasteiger partial charge in [-0.1, -0.05) is 29.8 Å². The highest BCUT2D eigenvalue weighted by molar-refractivity contribution is 7.96. The molecule has 9 heteroatoms. The van der Waals surface area contributed by atoms with Crippen LogP contribution in [0.3, 0.4) is 0 Å². The lowest BCUT2D eigenvalue weighted by atomic mass is 10.2. The van der Waals surface area contributed by atoms with E-state index < -0.39 is 42.5 Å². The molecule has 1 aliphatic heterocycles. The highest BCUT2D eigenvalue weighted by Crippen LogP contribution is 2.28. The average Bonchev–Trinajstić information content (AvgIpc) is 2.89. The van der Waals surface area contributed by atoms with Gasteiger partial charge in [-0.25, -0.2) is 21.2 Å². The molecule has 146 valence electrons. The smallest absolute Gasteiger partial charge is 0.184 e. The molecule has 2 atom stereocenters. The molecule has 0 bridgehead atoms. The van der Waals surface area contributed by atoms with Gasteiger partial charge in [0.05, 0.1) is 21.7 Å². The van der Waals surface area contributed by atoms with Crippen LogP contribution in [-0.2, 0) is 26.2 Å². The van der Waals surface area contributed by atoms with Crippen molar-refractivity contribution in [3.05, 3.63) is 64.4 Å². The predicted octanol–water partition coefficient (Wildman–Crippen LogP) is 2.52. The van der Waals surface area contributed by atoms with Crippen molar-refractivity contribution in [3.63, 3.8) is 0 Å². The second-order valence-electron chi connectivity index (χ2n) is 6.65. The molecule has 0 unspecified atom stereocenters. The predicted molar refractivity (Wildman–Crippen MR) is 103 cm³/mol. The number of hydrogen-bond acceptors (Lipinski definition) is 5. The van der Waals surface area contributed by atoms with E-state index in [0.29, 0.717) is 5.02 Å². The monoisotopic (exact) mass is 431 g/mol. The van der Waals surface area contributed by atoms with Crippen molar-refractivity contribution in [1.82, 2.24) is 5.32 Å². The van der Waals surface area contributed by atoms with Gasteiger partial charge in [0.1, 0.15) is 5.82 Å². The summed E-state index contributed by atoms with van der Waals surface area (Å²) in [4.78, 5) is -0.0458. The van der Waals surface area contributed by atoms with Crippen molar-refractivity contribution in [1.29, 1.82) is 0 Å². The molecule has 1 N–H and O–H groups in total. The van der Waals surface area contributed by atoms with Crippen molar-refractivity contribution in [2.45, 2.75) is 29.7 Å². The summed E-state index contributed by atoms with van der Waals surface area (Å²) in [5.41, 5.74) is 1.00. The molecule has 0 aliphatic carbocycles. The van der Waals surface area contributed by atoms with Crippen LogP contribution in [-0.4, -0.2) is 39.6 Å². The van der Waals surface area contributed by atoms with E-state index in [1.807, 2.05) is 0 Å². The third-order valence-corrected chi connectivity index (χ3v) is 9.33. The number of rotatable bonds is 5. The molecular weight excluding hydrogens is 413 g/mol. The molecule has 0 spiro atoms. The van der Waals surface area contributed by atoms with Gasteiger partial charge >= 0.3 is 0 Å². The molecule has 1 fully saturated rings. The molecule has 5 nitrogen and oxygen atoms in total. The Hall–Kier alpha value is -1.48. The summed E-state index contributed by atoms with van der Waals surface area (Å²) in [5, 5.41) is 2.40. The van der Waals surface area contributed by atoms with Gasteiger partial charge in [0.25, 0.3) is 0 Å². The normalized spacial score (nSPS) is 22.0. The average molecular weight is 432 g/mol.